The molecule has 0 aliphatic heterocycles. The molecule has 1 atom stereocenters. The fourth-order valence-corrected chi connectivity index (χ4v) is 1.79. The molecule has 0 saturated carbocycles. The maximum absolute atomic E-state index is 12.1. The molecule has 2 aromatic rings. The Morgan fingerprint density at radius 2 is 1.55 bits per heavy atom. The summed E-state index contributed by atoms with van der Waals surface area (Å²) in [6, 6.07) is 18.4. The summed E-state index contributed by atoms with van der Waals surface area (Å²) < 4.78 is 0. The lowest BCUT2D eigenvalue weighted by molar-refractivity contribution is 0.100. The molecule has 0 aliphatic rings. The molecule has 0 radical (unpaired) electrons. The molecule has 0 spiro atoms. The van der Waals surface area contributed by atoms with Gasteiger partial charge in [0, 0.05) is 11.1 Å². The van der Waals surface area contributed by atoms with Crippen LogP contribution in [0.5, 0.6) is 0 Å². The molecule has 1 N–H and O–H groups in total. The van der Waals surface area contributed by atoms with Crippen LogP contribution in [0.3, 0.4) is 0 Å². The van der Waals surface area contributed by atoms with Crippen LogP contribution >= 0.6 is 0 Å². The smallest absolute Gasteiger partial charge is 0.191 e. The Hall–Kier alpha value is -2.45. The van der Waals surface area contributed by atoms with Gasteiger partial charge < -0.3 is 5.11 Å². The van der Waals surface area contributed by atoms with Gasteiger partial charge >= 0.3 is 0 Å². The third-order valence-corrected chi connectivity index (χ3v) is 2.96. The molecule has 2 nitrogen and oxygen atoms in total. The zero-order valence-corrected chi connectivity index (χ0v) is 11.1. The molecule has 1 unspecified atom stereocenters. The summed E-state index contributed by atoms with van der Waals surface area (Å²) in [5.74, 6) is -0.240. The second kappa shape index (κ2) is 6.64. The zero-order chi connectivity index (χ0) is 14.4. The van der Waals surface area contributed by atoms with E-state index in [1.165, 1.54) is 0 Å². The van der Waals surface area contributed by atoms with Gasteiger partial charge in [0.05, 0.1) is 0 Å². The number of aliphatic hydroxyl groups is 1. The Kier molecular flexibility index (Phi) is 4.64. The molecule has 0 bridgehead atoms. The van der Waals surface area contributed by atoms with Crippen LogP contribution in [0, 0.1) is 0 Å². The molecule has 0 aliphatic carbocycles. The number of carbonyl (C=O) groups excluding carboxylic acids is 1. The van der Waals surface area contributed by atoms with Gasteiger partial charge in [-0.3, -0.25) is 4.79 Å². The molecule has 0 amide bonds. The first-order valence-electron chi connectivity index (χ1n) is 6.38. The van der Waals surface area contributed by atoms with Crippen molar-refractivity contribution in [2.45, 2.75) is 6.10 Å². The Morgan fingerprint density at radius 1 is 1.00 bits per heavy atom. The van der Waals surface area contributed by atoms with E-state index in [1.54, 1.807) is 36.4 Å². The van der Waals surface area contributed by atoms with Crippen molar-refractivity contribution in [3.63, 3.8) is 0 Å². The van der Waals surface area contributed by atoms with Crippen LogP contribution in [0.25, 0.3) is 6.08 Å². The number of hydrogen-bond donors (Lipinski definition) is 1. The lowest BCUT2D eigenvalue weighted by atomic mass is 10.00. The highest BCUT2D eigenvalue weighted by Gasteiger charge is 2.15. The van der Waals surface area contributed by atoms with Crippen molar-refractivity contribution in [2.75, 3.05) is 0 Å². The van der Waals surface area contributed by atoms with E-state index in [0.717, 1.165) is 5.56 Å². The Balaban J connectivity index is 2.06. The standard InChI is InChI=1S/C18H16O2/c1-14(18(20)16-10-6-3-7-11-16)17(19)13-12-15-8-4-2-5-9-15/h2-13,17,19H,1H2/b13-12+. The first-order valence-corrected chi connectivity index (χ1v) is 6.38. The van der Waals surface area contributed by atoms with E-state index in [9.17, 15) is 9.90 Å². The minimum Gasteiger partial charge on any atom is -0.384 e. The second-order valence-corrected chi connectivity index (χ2v) is 4.44. The predicted octanol–water partition coefficient (Wildman–Crippen LogP) is 3.50. The van der Waals surface area contributed by atoms with Gasteiger partial charge in [-0.1, -0.05) is 79.4 Å². The largest absolute Gasteiger partial charge is 0.384 e. The molecular formula is C18H16O2. The number of hydrogen-bond acceptors (Lipinski definition) is 2. The van der Waals surface area contributed by atoms with E-state index in [-0.39, 0.29) is 11.4 Å². The van der Waals surface area contributed by atoms with Gasteiger partial charge in [-0.15, -0.1) is 0 Å². The van der Waals surface area contributed by atoms with Gasteiger partial charge in [-0.2, -0.15) is 0 Å². The minimum atomic E-state index is -0.983. The summed E-state index contributed by atoms with van der Waals surface area (Å²) in [6.07, 6.45) is 2.36. The molecule has 2 rings (SSSR count). The number of Topliss-reactive ketones (excluding diaryl/α,β-unsaturated/α-hetero) is 1. The van der Waals surface area contributed by atoms with Crippen LogP contribution in [0.1, 0.15) is 15.9 Å². The third-order valence-electron chi connectivity index (χ3n) is 2.96. The van der Waals surface area contributed by atoms with Crippen molar-refractivity contribution in [3.8, 4) is 0 Å². The fraction of sp³-hybridized carbons (Fsp3) is 0.0556. The zero-order valence-electron chi connectivity index (χ0n) is 11.1. The van der Waals surface area contributed by atoms with Crippen LogP contribution in [-0.4, -0.2) is 17.0 Å². The van der Waals surface area contributed by atoms with Crippen LogP contribution in [0.4, 0.5) is 0 Å². The highest BCUT2D eigenvalue weighted by molar-refractivity contribution is 6.09. The lowest BCUT2D eigenvalue weighted by Gasteiger charge is -2.08. The molecule has 2 heteroatoms. The molecule has 0 heterocycles. The van der Waals surface area contributed by atoms with Crippen molar-refractivity contribution < 1.29 is 9.90 Å². The SMILES string of the molecule is C=C(C(=O)c1ccccc1)C(O)/C=C/c1ccccc1. The van der Waals surface area contributed by atoms with E-state index in [2.05, 4.69) is 6.58 Å². The van der Waals surface area contributed by atoms with Crippen molar-refractivity contribution in [3.05, 3.63) is 90.0 Å². The Morgan fingerprint density at radius 3 is 2.15 bits per heavy atom. The summed E-state index contributed by atoms with van der Waals surface area (Å²) in [4.78, 5) is 12.1. The minimum absolute atomic E-state index is 0.170. The van der Waals surface area contributed by atoms with Crippen molar-refractivity contribution >= 4 is 11.9 Å². The highest BCUT2D eigenvalue weighted by atomic mass is 16.3. The van der Waals surface area contributed by atoms with Crippen LogP contribution in [-0.2, 0) is 0 Å². The van der Waals surface area contributed by atoms with Crippen LogP contribution in [0.15, 0.2) is 78.9 Å². The first-order chi connectivity index (χ1) is 9.68. The number of aliphatic hydroxyl groups excluding tert-OH is 1. The van der Waals surface area contributed by atoms with Crippen LogP contribution in [0.2, 0.25) is 0 Å². The summed E-state index contributed by atoms with van der Waals surface area (Å²) in [5.41, 5.74) is 1.67. The molecule has 0 saturated heterocycles. The van der Waals surface area contributed by atoms with E-state index in [0.29, 0.717) is 5.56 Å². The molecule has 100 valence electrons. The molecule has 20 heavy (non-hydrogen) atoms. The fourth-order valence-electron chi connectivity index (χ4n) is 1.79. The van der Waals surface area contributed by atoms with E-state index in [4.69, 9.17) is 0 Å². The highest BCUT2D eigenvalue weighted by Crippen LogP contribution is 2.12. The molecule has 0 aromatic heterocycles. The van der Waals surface area contributed by atoms with Crippen molar-refractivity contribution in [1.29, 1.82) is 0 Å². The Labute approximate surface area is 118 Å². The van der Waals surface area contributed by atoms with Gasteiger partial charge in [0.25, 0.3) is 0 Å². The van der Waals surface area contributed by atoms with E-state index in [1.807, 2.05) is 36.4 Å². The van der Waals surface area contributed by atoms with Crippen LogP contribution < -0.4 is 0 Å². The normalized spacial score (nSPS) is 12.2. The van der Waals surface area contributed by atoms with Crippen molar-refractivity contribution in [1.82, 2.24) is 0 Å². The van der Waals surface area contributed by atoms with E-state index >= 15 is 0 Å². The maximum Gasteiger partial charge on any atom is 0.191 e. The number of ketones is 1. The summed E-state index contributed by atoms with van der Waals surface area (Å²) in [5, 5.41) is 10.0. The molecular weight excluding hydrogens is 248 g/mol. The molecule has 2 aromatic carbocycles. The average Bonchev–Trinajstić information content (AvgIpc) is 2.53. The van der Waals surface area contributed by atoms with Crippen molar-refractivity contribution in [2.24, 2.45) is 0 Å². The first kappa shape index (κ1) is 14.0. The quantitative estimate of drug-likeness (QED) is 0.663. The molecule has 0 fully saturated rings. The summed E-state index contributed by atoms with van der Waals surface area (Å²) in [6.45, 7) is 3.69. The van der Waals surface area contributed by atoms with Gasteiger partial charge in [0.1, 0.15) is 6.10 Å². The predicted molar refractivity (Wildman–Crippen MR) is 81.4 cm³/mol. The number of benzene rings is 2. The van der Waals surface area contributed by atoms with Gasteiger partial charge in [0.15, 0.2) is 5.78 Å². The Bertz CT molecular complexity index is 612. The second-order valence-electron chi connectivity index (χ2n) is 4.44. The van der Waals surface area contributed by atoms with E-state index < -0.39 is 6.10 Å². The lowest BCUT2D eigenvalue weighted by Crippen LogP contribution is -2.15. The monoisotopic (exact) mass is 264 g/mol. The third kappa shape index (κ3) is 3.53. The average molecular weight is 264 g/mol. The maximum atomic E-state index is 12.1. The number of carbonyl (C=O) groups is 1. The summed E-state index contributed by atoms with van der Waals surface area (Å²) in [7, 11) is 0. The van der Waals surface area contributed by atoms with Gasteiger partial charge in [-0.25, -0.2) is 0 Å². The summed E-state index contributed by atoms with van der Waals surface area (Å²) >= 11 is 0. The number of rotatable bonds is 5. The topological polar surface area (TPSA) is 37.3 Å². The van der Waals surface area contributed by atoms with Gasteiger partial charge in [0.2, 0.25) is 0 Å². The van der Waals surface area contributed by atoms with Gasteiger partial charge in [-0.05, 0) is 5.56 Å².